The van der Waals surface area contributed by atoms with Crippen LogP contribution in [0.2, 0.25) is 0 Å². The van der Waals surface area contributed by atoms with Crippen LogP contribution in [0, 0.1) is 11.8 Å². The van der Waals surface area contributed by atoms with Gasteiger partial charge in [-0.15, -0.1) is 0 Å². The van der Waals surface area contributed by atoms with E-state index >= 15 is 0 Å². The number of ether oxygens (including phenoxy) is 2. The van der Waals surface area contributed by atoms with Gasteiger partial charge >= 0.3 is 6.03 Å². The summed E-state index contributed by atoms with van der Waals surface area (Å²) in [7, 11) is 1.54. The van der Waals surface area contributed by atoms with Crippen LogP contribution >= 0.6 is 0 Å². The monoisotopic (exact) mass is 419 g/mol. The maximum atomic E-state index is 12.7. The Labute approximate surface area is 178 Å². The van der Waals surface area contributed by atoms with Crippen molar-refractivity contribution in [2.45, 2.75) is 19.0 Å². The lowest BCUT2D eigenvalue weighted by Gasteiger charge is -2.20. The van der Waals surface area contributed by atoms with E-state index in [9.17, 15) is 14.7 Å². The highest BCUT2D eigenvalue weighted by molar-refractivity contribution is 6.09. The maximum Gasteiger partial charge on any atom is 0.323 e. The summed E-state index contributed by atoms with van der Waals surface area (Å²) in [6.45, 7) is 2.38. The topological polar surface area (TPSA) is 102 Å². The van der Waals surface area contributed by atoms with Crippen LogP contribution in [0.1, 0.15) is 12.5 Å². The van der Waals surface area contributed by atoms with Gasteiger partial charge in [0, 0.05) is 22.5 Å². The van der Waals surface area contributed by atoms with E-state index in [4.69, 9.17) is 9.47 Å². The largest absolute Gasteiger partial charge is 0.497 e. The molecule has 1 saturated heterocycles. The summed E-state index contributed by atoms with van der Waals surface area (Å²) in [4.78, 5) is 24.6. The number of carbonyl (C=O) groups excluding carboxylic acids is 2. The summed E-state index contributed by atoms with van der Waals surface area (Å²) in [6, 6.07) is 11.8. The van der Waals surface area contributed by atoms with Crippen LogP contribution in [-0.2, 0) is 11.3 Å². The number of imide groups is 1. The van der Waals surface area contributed by atoms with Crippen LogP contribution < -0.4 is 20.1 Å². The molecule has 2 heterocycles. The van der Waals surface area contributed by atoms with Gasteiger partial charge in [-0.1, -0.05) is 11.8 Å². The second kappa shape index (κ2) is 7.95. The van der Waals surface area contributed by atoms with E-state index in [0.717, 1.165) is 5.39 Å². The molecule has 8 nitrogen and oxygen atoms in total. The van der Waals surface area contributed by atoms with Crippen molar-refractivity contribution in [1.82, 2.24) is 15.2 Å². The predicted molar refractivity (Wildman–Crippen MR) is 114 cm³/mol. The molecule has 1 fully saturated rings. The van der Waals surface area contributed by atoms with Crippen LogP contribution in [0.4, 0.5) is 4.79 Å². The first kappa shape index (κ1) is 20.2. The number of methoxy groups -OCH3 is 1. The molecule has 0 saturated carbocycles. The first-order valence-corrected chi connectivity index (χ1v) is 9.69. The van der Waals surface area contributed by atoms with Crippen LogP contribution in [0.3, 0.4) is 0 Å². The molecule has 1 aliphatic heterocycles. The van der Waals surface area contributed by atoms with Crippen LogP contribution in [0.15, 0.2) is 48.7 Å². The van der Waals surface area contributed by atoms with Gasteiger partial charge < -0.3 is 24.5 Å². The number of nitrogens with one attached hydrogen (secondary N) is 2. The van der Waals surface area contributed by atoms with Gasteiger partial charge in [0.05, 0.1) is 20.3 Å². The maximum absolute atomic E-state index is 12.7. The summed E-state index contributed by atoms with van der Waals surface area (Å²) < 4.78 is 12.1. The minimum atomic E-state index is -1.54. The second-order valence-corrected chi connectivity index (χ2v) is 7.05. The molecule has 31 heavy (non-hydrogen) atoms. The standard InChI is InChI=1S/C23H21N3O5/c1-3-31-17-7-4-15(5-8-17)10-11-23(21(28)24-22(29)25-23)14-26-13-16-6-9-18(30-2)12-19(16)20(26)27/h4-9,12-13,27H,3,14H2,1-2H3,(H2,24,25,28,29)/t23-/m1/s1. The Kier molecular flexibility index (Phi) is 5.17. The highest BCUT2D eigenvalue weighted by Crippen LogP contribution is 2.32. The van der Waals surface area contributed by atoms with Gasteiger partial charge in [-0.25, -0.2) is 4.79 Å². The highest BCUT2D eigenvalue weighted by atomic mass is 16.5. The van der Waals surface area contributed by atoms with E-state index in [1.54, 1.807) is 55.8 Å². The summed E-state index contributed by atoms with van der Waals surface area (Å²) in [5.74, 6) is 6.52. The van der Waals surface area contributed by atoms with E-state index < -0.39 is 17.5 Å². The van der Waals surface area contributed by atoms with Crippen molar-refractivity contribution in [3.63, 3.8) is 0 Å². The Morgan fingerprint density at radius 1 is 1.13 bits per heavy atom. The Morgan fingerprint density at radius 3 is 2.52 bits per heavy atom. The number of nitrogens with zero attached hydrogens (tertiary/aromatic N) is 1. The molecule has 1 atom stereocenters. The number of carbonyl (C=O) groups is 2. The molecule has 1 aliphatic rings. The van der Waals surface area contributed by atoms with Crippen LogP contribution in [0.25, 0.3) is 10.8 Å². The highest BCUT2D eigenvalue weighted by Gasteiger charge is 2.46. The molecule has 3 amide bonds. The van der Waals surface area contributed by atoms with Crippen LogP contribution in [0.5, 0.6) is 17.4 Å². The van der Waals surface area contributed by atoms with Crippen LogP contribution in [-0.4, -0.2) is 40.9 Å². The summed E-state index contributed by atoms with van der Waals surface area (Å²) in [5, 5.41) is 16.9. The first-order chi connectivity index (χ1) is 14.9. The average molecular weight is 419 g/mol. The van der Waals surface area contributed by atoms with Crippen molar-refractivity contribution in [2.24, 2.45) is 0 Å². The van der Waals surface area contributed by atoms with Gasteiger partial charge in [0.25, 0.3) is 5.91 Å². The SMILES string of the molecule is CCOc1ccc(C#C[C@]2(Cn3cc4ccc(OC)cc4c3O)NC(=O)NC2=O)cc1. The number of aromatic hydroxyl groups is 1. The molecule has 3 N–H and O–H groups in total. The number of benzene rings is 2. The third-order valence-corrected chi connectivity index (χ3v) is 5.00. The third-order valence-electron chi connectivity index (χ3n) is 5.00. The van der Waals surface area contributed by atoms with Gasteiger partial charge in [-0.2, -0.15) is 0 Å². The van der Waals surface area contributed by atoms with Crippen molar-refractivity contribution in [1.29, 1.82) is 0 Å². The van der Waals surface area contributed by atoms with Gasteiger partial charge in [-0.05, 0) is 49.4 Å². The summed E-state index contributed by atoms with van der Waals surface area (Å²) >= 11 is 0. The van der Waals surface area contributed by atoms with Crippen molar-refractivity contribution < 1.29 is 24.2 Å². The van der Waals surface area contributed by atoms with Crippen molar-refractivity contribution in [2.75, 3.05) is 13.7 Å². The lowest BCUT2D eigenvalue weighted by atomic mass is 10.00. The Morgan fingerprint density at radius 2 is 1.87 bits per heavy atom. The quantitative estimate of drug-likeness (QED) is 0.435. The number of rotatable bonds is 5. The fourth-order valence-electron chi connectivity index (χ4n) is 3.44. The van der Waals surface area contributed by atoms with Gasteiger partial charge in [0.1, 0.15) is 11.5 Å². The molecule has 2 aromatic carbocycles. The molecular formula is C23H21N3O5. The number of hydrogen-bond donors (Lipinski definition) is 3. The first-order valence-electron chi connectivity index (χ1n) is 9.69. The zero-order valence-electron chi connectivity index (χ0n) is 17.1. The lowest BCUT2D eigenvalue weighted by Crippen LogP contribution is -2.49. The van der Waals surface area contributed by atoms with E-state index in [2.05, 4.69) is 22.5 Å². The molecule has 158 valence electrons. The fourth-order valence-corrected chi connectivity index (χ4v) is 3.44. The number of urea groups is 1. The molecule has 4 rings (SSSR count). The van der Waals surface area contributed by atoms with Crippen molar-refractivity contribution >= 4 is 22.7 Å². The number of aromatic nitrogens is 1. The van der Waals surface area contributed by atoms with E-state index in [-0.39, 0.29) is 12.4 Å². The zero-order valence-corrected chi connectivity index (χ0v) is 17.1. The smallest absolute Gasteiger partial charge is 0.323 e. The molecule has 0 spiro atoms. The molecule has 1 aromatic heterocycles. The zero-order chi connectivity index (χ0) is 22.0. The van der Waals surface area contributed by atoms with Gasteiger partial charge in [-0.3, -0.25) is 10.1 Å². The molecule has 0 bridgehead atoms. The Balaban J connectivity index is 1.70. The minimum Gasteiger partial charge on any atom is -0.497 e. The molecule has 8 heteroatoms. The molecule has 0 radical (unpaired) electrons. The molecule has 0 aliphatic carbocycles. The second-order valence-electron chi connectivity index (χ2n) is 7.05. The minimum absolute atomic E-state index is 0.0508. The molecule has 3 aromatic rings. The number of hydrogen-bond acceptors (Lipinski definition) is 5. The van der Waals surface area contributed by atoms with E-state index in [1.807, 2.05) is 6.92 Å². The van der Waals surface area contributed by atoms with Crippen molar-refractivity contribution in [3.8, 4) is 29.2 Å². The Bertz CT molecular complexity index is 1220. The normalized spacial score (nSPS) is 17.6. The molecule has 0 unspecified atom stereocenters. The van der Waals surface area contributed by atoms with Gasteiger partial charge in [0.2, 0.25) is 5.54 Å². The Hall–Kier alpha value is -4.12. The summed E-state index contributed by atoms with van der Waals surface area (Å²) in [5.41, 5.74) is -0.880. The average Bonchev–Trinajstić information content (AvgIpc) is 3.22. The van der Waals surface area contributed by atoms with E-state index in [1.165, 1.54) is 4.57 Å². The summed E-state index contributed by atoms with van der Waals surface area (Å²) in [6.07, 6.45) is 1.70. The number of fused-ring (bicyclic) bond motifs is 1. The lowest BCUT2D eigenvalue weighted by molar-refractivity contribution is -0.122. The van der Waals surface area contributed by atoms with Gasteiger partial charge in [0.15, 0.2) is 5.88 Å². The van der Waals surface area contributed by atoms with E-state index in [0.29, 0.717) is 29.1 Å². The number of amides is 3. The fraction of sp³-hybridized carbons (Fsp3) is 0.217. The third kappa shape index (κ3) is 3.85. The predicted octanol–water partition coefficient (Wildman–Crippen LogP) is 2.38. The van der Waals surface area contributed by atoms with Crippen molar-refractivity contribution in [3.05, 3.63) is 54.2 Å². The molecular weight excluding hydrogens is 398 g/mol.